The lowest BCUT2D eigenvalue weighted by atomic mass is 9.48. The molecule has 0 radical (unpaired) electrons. The average molecular weight is 407 g/mol. The second kappa shape index (κ2) is 7.69. The van der Waals surface area contributed by atoms with E-state index in [9.17, 15) is 4.79 Å². The van der Waals surface area contributed by atoms with Gasteiger partial charge in [-0.1, -0.05) is 68.4 Å². The van der Waals surface area contributed by atoms with Crippen LogP contribution in [0.1, 0.15) is 81.6 Å². The smallest absolute Gasteiger partial charge is 0.192 e. The minimum Gasteiger partial charge on any atom is -0.409 e. The number of carbonyl (C=O) groups excluding carboxylic acids is 1. The molecule has 2 nitrogen and oxygen atoms in total. The van der Waals surface area contributed by atoms with Crippen LogP contribution in [0, 0.1) is 34.5 Å². The summed E-state index contributed by atoms with van der Waals surface area (Å²) in [4.78, 5) is 13.3. The van der Waals surface area contributed by atoms with Crippen LogP contribution in [0.5, 0.6) is 0 Å². The van der Waals surface area contributed by atoms with Crippen LogP contribution >= 0.6 is 0 Å². The van der Waals surface area contributed by atoms with Crippen LogP contribution < -0.4 is 0 Å². The molecular formula is C25H46O2Si. The zero-order chi connectivity index (χ0) is 21.7. The van der Waals surface area contributed by atoms with Gasteiger partial charge in [-0.3, -0.25) is 4.79 Å². The number of fused-ring (bicyclic) bond motifs is 1. The maximum atomic E-state index is 13.3. The maximum Gasteiger partial charge on any atom is 0.192 e. The average Bonchev–Trinajstić information content (AvgIpc) is 2.85. The second-order valence-electron chi connectivity index (χ2n) is 12.5. The summed E-state index contributed by atoms with van der Waals surface area (Å²) in [5, 5.41) is 0.134. The molecule has 2 aliphatic rings. The van der Waals surface area contributed by atoms with Crippen molar-refractivity contribution in [1.29, 1.82) is 0 Å². The predicted octanol–water partition coefficient (Wildman–Crippen LogP) is 7.26. The number of rotatable bonds is 6. The first-order valence-corrected chi connectivity index (χ1v) is 14.3. The summed E-state index contributed by atoms with van der Waals surface area (Å²) in [6.07, 6.45) is 5.72. The zero-order valence-corrected chi connectivity index (χ0v) is 21.5. The lowest BCUT2D eigenvalue weighted by Gasteiger charge is -2.56. The molecule has 162 valence electrons. The van der Waals surface area contributed by atoms with E-state index in [4.69, 9.17) is 4.43 Å². The molecule has 1 fully saturated rings. The molecule has 0 aromatic carbocycles. The molecule has 4 atom stereocenters. The first kappa shape index (κ1) is 23.9. The van der Waals surface area contributed by atoms with Crippen molar-refractivity contribution >= 4 is 14.1 Å². The largest absolute Gasteiger partial charge is 0.409 e. The summed E-state index contributed by atoms with van der Waals surface area (Å²) >= 11 is 0. The molecule has 0 heterocycles. The SMILES string of the molecule is CC(C)CC1C2CC=C(C(=O)CO[Si](C)(C)C(C)(C)C)C2(C)CC(C)C1(C)C. The fourth-order valence-corrected chi connectivity index (χ4v) is 6.46. The Morgan fingerprint density at radius 1 is 1.25 bits per heavy atom. The molecule has 0 aromatic heterocycles. The van der Waals surface area contributed by atoms with Crippen LogP contribution in [0.4, 0.5) is 0 Å². The highest BCUT2D eigenvalue weighted by Gasteiger charge is 2.56. The second-order valence-corrected chi connectivity index (χ2v) is 17.3. The number of hydrogen-bond acceptors (Lipinski definition) is 2. The van der Waals surface area contributed by atoms with Gasteiger partial charge in [-0.2, -0.15) is 0 Å². The monoisotopic (exact) mass is 406 g/mol. The summed E-state index contributed by atoms with van der Waals surface area (Å²) in [5.41, 5.74) is 1.42. The van der Waals surface area contributed by atoms with Crippen molar-refractivity contribution in [3.63, 3.8) is 0 Å². The quantitative estimate of drug-likeness (QED) is 0.434. The van der Waals surface area contributed by atoms with E-state index in [0.717, 1.165) is 18.4 Å². The topological polar surface area (TPSA) is 26.3 Å². The molecule has 0 bridgehead atoms. The van der Waals surface area contributed by atoms with Crippen molar-refractivity contribution in [2.45, 2.75) is 99.7 Å². The summed E-state index contributed by atoms with van der Waals surface area (Å²) in [6, 6.07) is 0. The number of hydrogen-bond donors (Lipinski definition) is 0. The molecule has 0 spiro atoms. The molecule has 3 heteroatoms. The van der Waals surface area contributed by atoms with E-state index in [1.807, 2.05) is 0 Å². The van der Waals surface area contributed by atoms with Gasteiger partial charge in [-0.15, -0.1) is 0 Å². The highest BCUT2D eigenvalue weighted by Crippen LogP contribution is 2.63. The van der Waals surface area contributed by atoms with Gasteiger partial charge in [0.05, 0.1) is 6.61 Å². The van der Waals surface area contributed by atoms with Crippen LogP contribution in [0.3, 0.4) is 0 Å². The Morgan fingerprint density at radius 3 is 2.32 bits per heavy atom. The molecule has 2 rings (SSSR count). The number of Topliss-reactive ketones (excluding diaryl/α,β-unsaturated/α-hetero) is 1. The van der Waals surface area contributed by atoms with Crippen molar-refractivity contribution in [3.05, 3.63) is 11.6 Å². The van der Waals surface area contributed by atoms with Gasteiger partial charge in [0.15, 0.2) is 14.1 Å². The minimum atomic E-state index is -1.91. The number of ketones is 1. The number of allylic oxidation sites excluding steroid dienone is 1. The van der Waals surface area contributed by atoms with Crippen LogP contribution in [-0.4, -0.2) is 20.7 Å². The Kier molecular flexibility index (Phi) is 6.55. The van der Waals surface area contributed by atoms with E-state index in [-0.39, 0.29) is 22.8 Å². The van der Waals surface area contributed by atoms with Crippen LogP contribution in [-0.2, 0) is 9.22 Å². The molecule has 2 aliphatic carbocycles. The van der Waals surface area contributed by atoms with Crippen LogP contribution in [0.25, 0.3) is 0 Å². The first-order valence-electron chi connectivity index (χ1n) is 11.4. The first-order chi connectivity index (χ1) is 12.5. The summed E-state index contributed by atoms with van der Waals surface area (Å²) in [6.45, 7) is 25.8. The van der Waals surface area contributed by atoms with Crippen molar-refractivity contribution in [2.24, 2.45) is 34.5 Å². The highest BCUT2D eigenvalue weighted by molar-refractivity contribution is 6.74. The van der Waals surface area contributed by atoms with Gasteiger partial charge < -0.3 is 4.43 Å². The standard InChI is InChI=1S/C25H46O2Si/c1-17(2)14-21-19-12-13-20(25(19,9)15-18(3)24(21,7)8)22(26)16-27-28(10,11)23(4,5)6/h13,17-19,21H,12,14-16H2,1-11H3. The Labute approximate surface area is 176 Å². The lowest BCUT2D eigenvalue weighted by Crippen LogP contribution is -2.50. The third kappa shape index (κ3) is 4.21. The van der Waals surface area contributed by atoms with E-state index in [2.05, 4.69) is 81.5 Å². The lowest BCUT2D eigenvalue weighted by molar-refractivity contribution is -0.121. The molecule has 4 unspecified atom stereocenters. The minimum absolute atomic E-state index is 0.0162. The number of carbonyl (C=O) groups is 1. The van der Waals surface area contributed by atoms with Crippen molar-refractivity contribution < 1.29 is 9.22 Å². The van der Waals surface area contributed by atoms with Gasteiger partial charge >= 0.3 is 0 Å². The molecule has 28 heavy (non-hydrogen) atoms. The molecule has 0 saturated heterocycles. The van der Waals surface area contributed by atoms with Gasteiger partial charge in [0.2, 0.25) is 0 Å². The fraction of sp³-hybridized carbons (Fsp3) is 0.880. The Bertz CT molecular complexity index is 623. The zero-order valence-electron chi connectivity index (χ0n) is 20.5. The molecule has 0 amide bonds. The molecular weight excluding hydrogens is 360 g/mol. The third-order valence-electron chi connectivity index (χ3n) is 8.85. The van der Waals surface area contributed by atoms with Gasteiger partial charge in [0.25, 0.3) is 0 Å². The molecule has 0 N–H and O–H groups in total. The van der Waals surface area contributed by atoms with Crippen LogP contribution in [0.15, 0.2) is 11.6 Å². The Morgan fingerprint density at radius 2 is 1.82 bits per heavy atom. The van der Waals surface area contributed by atoms with Crippen molar-refractivity contribution in [2.75, 3.05) is 6.61 Å². The predicted molar refractivity (Wildman–Crippen MR) is 123 cm³/mol. The van der Waals surface area contributed by atoms with Crippen LogP contribution in [0.2, 0.25) is 18.1 Å². The summed E-state index contributed by atoms with van der Waals surface area (Å²) < 4.78 is 6.30. The van der Waals surface area contributed by atoms with Gasteiger partial charge in [-0.05, 0) is 77.5 Å². The van der Waals surface area contributed by atoms with E-state index < -0.39 is 8.32 Å². The van der Waals surface area contributed by atoms with Crippen molar-refractivity contribution in [1.82, 2.24) is 0 Å². The summed E-state index contributed by atoms with van der Waals surface area (Å²) in [7, 11) is -1.91. The normalized spacial score (nSPS) is 33.0. The van der Waals surface area contributed by atoms with Crippen molar-refractivity contribution in [3.8, 4) is 0 Å². The third-order valence-corrected chi connectivity index (χ3v) is 13.3. The molecule has 1 saturated carbocycles. The summed E-state index contributed by atoms with van der Waals surface area (Å²) in [5.74, 6) is 2.82. The van der Waals surface area contributed by atoms with E-state index in [1.165, 1.54) is 6.42 Å². The highest BCUT2D eigenvalue weighted by atomic mass is 28.4. The Balaban J connectivity index is 2.22. The van der Waals surface area contributed by atoms with Gasteiger partial charge in [0.1, 0.15) is 0 Å². The Hall–Kier alpha value is -0.413. The van der Waals surface area contributed by atoms with E-state index in [1.54, 1.807) is 0 Å². The fourth-order valence-electron chi connectivity index (χ4n) is 5.54. The van der Waals surface area contributed by atoms with E-state index >= 15 is 0 Å². The van der Waals surface area contributed by atoms with Gasteiger partial charge in [0, 0.05) is 0 Å². The van der Waals surface area contributed by atoms with E-state index in [0.29, 0.717) is 29.1 Å². The molecule has 0 aromatic rings. The maximum absolute atomic E-state index is 13.3. The van der Waals surface area contributed by atoms with Gasteiger partial charge in [-0.25, -0.2) is 0 Å². The molecule has 0 aliphatic heterocycles.